The highest BCUT2D eigenvalue weighted by Crippen LogP contribution is 2.25. The van der Waals surface area contributed by atoms with Gasteiger partial charge in [0.05, 0.1) is 0 Å². The summed E-state index contributed by atoms with van der Waals surface area (Å²) in [5.74, 6) is 0.615. The lowest BCUT2D eigenvalue weighted by atomic mass is 9.92. The standard InChI is InChI=1S/C14H20BrClN2/c1-10(17)11-3-2-6-18(8-11)9-12-7-13(15)4-5-14(12)16/h4-5,7,10-11H,2-3,6,8-9,17H2,1H3. The average molecular weight is 332 g/mol. The number of rotatable bonds is 3. The lowest BCUT2D eigenvalue weighted by molar-refractivity contribution is 0.154. The first-order valence-electron chi connectivity index (χ1n) is 6.48. The third kappa shape index (κ3) is 3.70. The summed E-state index contributed by atoms with van der Waals surface area (Å²) in [4.78, 5) is 2.46. The lowest BCUT2D eigenvalue weighted by Crippen LogP contribution is -2.41. The summed E-state index contributed by atoms with van der Waals surface area (Å²) in [5, 5.41) is 0.848. The Hall–Kier alpha value is -0.0900. The molecular formula is C14H20BrClN2. The van der Waals surface area contributed by atoms with Crippen molar-refractivity contribution in [2.45, 2.75) is 32.4 Å². The van der Waals surface area contributed by atoms with Crippen molar-refractivity contribution in [2.75, 3.05) is 13.1 Å². The van der Waals surface area contributed by atoms with Gasteiger partial charge in [-0.2, -0.15) is 0 Å². The molecule has 2 atom stereocenters. The molecule has 2 N–H and O–H groups in total. The number of halogens is 2. The van der Waals surface area contributed by atoms with Crippen LogP contribution in [0.5, 0.6) is 0 Å². The maximum absolute atomic E-state index is 6.24. The van der Waals surface area contributed by atoms with Crippen LogP contribution in [-0.4, -0.2) is 24.0 Å². The molecule has 4 heteroatoms. The summed E-state index contributed by atoms with van der Waals surface area (Å²) < 4.78 is 1.09. The van der Waals surface area contributed by atoms with Crippen molar-refractivity contribution in [2.24, 2.45) is 11.7 Å². The van der Waals surface area contributed by atoms with Crippen molar-refractivity contribution in [3.8, 4) is 0 Å². The quantitative estimate of drug-likeness (QED) is 0.916. The topological polar surface area (TPSA) is 29.3 Å². The van der Waals surface area contributed by atoms with Crippen molar-refractivity contribution in [3.05, 3.63) is 33.3 Å². The molecule has 2 rings (SSSR count). The predicted octanol–water partition coefficient (Wildman–Crippen LogP) is 3.66. The van der Waals surface area contributed by atoms with Gasteiger partial charge < -0.3 is 5.73 Å². The Labute approximate surface area is 123 Å². The summed E-state index contributed by atoms with van der Waals surface area (Å²) in [5.41, 5.74) is 7.21. The summed E-state index contributed by atoms with van der Waals surface area (Å²) in [6, 6.07) is 6.32. The number of hydrogen-bond acceptors (Lipinski definition) is 2. The molecule has 100 valence electrons. The second kappa shape index (κ2) is 6.38. The van der Waals surface area contributed by atoms with E-state index in [1.165, 1.54) is 18.4 Å². The predicted molar refractivity (Wildman–Crippen MR) is 80.8 cm³/mol. The Kier molecular flexibility index (Phi) is 5.07. The minimum atomic E-state index is 0.283. The monoisotopic (exact) mass is 330 g/mol. The van der Waals surface area contributed by atoms with Gasteiger partial charge in [0.2, 0.25) is 0 Å². The molecule has 0 bridgehead atoms. The zero-order valence-corrected chi connectivity index (χ0v) is 13.0. The first-order chi connectivity index (χ1) is 8.56. The Bertz CT molecular complexity index is 409. The van der Waals surface area contributed by atoms with Crippen LogP contribution < -0.4 is 5.73 Å². The van der Waals surface area contributed by atoms with E-state index in [9.17, 15) is 0 Å². The second-order valence-corrected chi connectivity index (χ2v) is 6.56. The normalized spacial score (nSPS) is 23.0. The van der Waals surface area contributed by atoms with Gasteiger partial charge in [-0.05, 0) is 56.0 Å². The van der Waals surface area contributed by atoms with Crippen LogP contribution in [0, 0.1) is 5.92 Å². The molecular weight excluding hydrogens is 312 g/mol. The summed E-state index contributed by atoms with van der Waals surface area (Å²) in [6.45, 7) is 5.26. The molecule has 0 spiro atoms. The number of likely N-dealkylation sites (tertiary alicyclic amines) is 1. The highest BCUT2D eigenvalue weighted by Gasteiger charge is 2.23. The molecule has 1 aliphatic rings. The van der Waals surface area contributed by atoms with Gasteiger partial charge in [0.15, 0.2) is 0 Å². The largest absolute Gasteiger partial charge is 0.328 e. The molecule has 2 nitrogen and oxygen atoms in total. The molecule has 1 saturated heterocycles. The van der Waals surface area contributed by atoms with Gasteiger partial charge >= 0.3 is 0 Å². The highest BCUT2D eigenvalue weighted by atomic mass is 79.9. The van der Waals surface area contributed by atoms with Gasteiger partial charge in [-0.3, -0.25) is 4.90 Å². The molecule has 0 saturated carbocycles. The maximum atomic E-state index is 6.24. The zero-order chi connectivity index (χ0) is 13.1. The number of nitrogens with two attached hydrogens (primary N) is 1. The molecule has 1 aromatic carbocycles. The first-order valence-corrected chi connectivity index (χ1v) is 7.65. The SMILES string of the molecule is CC(N)C1CCCN(Cc2cc(Br)ccc2Cl)C1. The van der Waals surface area contributed by atoms with Gasteiger partial charge in [-0.1, -0.05) is 27.5 Å². The Balaban J connectivity index is 2.02. The Morgan fingerprint density at radius 2 is 2.33 bits per heavy atom. The summed E-state index contributed by atoms with van der Waals surface area (Å²) >= 11 is 9.74. The molecule has 1 aliphatic heterocycles. The number of benzene rings is 1. The molecule has 1 fully saturated rings. The van der Waals surface area contributed by atoms with Gasteiger partial charge in [0.25, 0.3) is 0 Å². The van der Waals surface area contributed by atoms with E-state index in [2.05, 4.69) is 33.8 Å². The highest BCUT2D eigenvalue weighted by molar-refractivity contribution is 9.10. The van der Waals surface area contributed by atoms with E-state index >= 15 is 0 Å². The zero-order valence-electron chi connectivity index (χ0n) is 10.7. The number of hydrogen-bond donors (Lipinski definition) is 1. The van der Waals surface area contributed by atoms with Gasteiger partial charge in [0.1, 0.15) is 0 Å². The van der Waals surface area contributed by atoms with E-state index in [0.29, 0.717) is 5.92 Å². The van der Waals surface area contributed by atoms with Crippen LogP contribution >= 0.6 is 27.5 Å². The molecule has 18 heavy (non-hydrogen) atoms. The van der Waals surface area contributed by atoms with E-state index in [4.69, 9.17) is 17.3 Å². The van der Waals surface area contributed by atoms with Crippen LogP contribution in [0.25, 0.3) is 0 Å². The van der Waals surface area contributed by atoms with E-state index in [-0.39, 0.29) is 6.04 Å². The van der Waals surface area contributed by atoms with E-state index in [1.807, 2.05) is 12.1 Å². The lowest BCUT2D eigenvalue weighted by Gasteiger charge is -2.34. The fraction of sp³-hybridized carbons (Fsp3) is 0.571. The second-order valence-electron chi connectivity index (χ2n) is 5.23. The van der Waals surface area contributed by atoms with Gasteiger partial charge in [0, 0.05) is 28.6 Å². The third-order valence-electron chi connectivity index (χ3n) is 3.69. The van der Waals surface area contributed by atoms with Gasteiger partial charge in [-0.25, -0.2) is 0 Å². The molecule has 0 amide bonds. The van der Waals surface area contributed by atoms with E-state index in [1.54, 1.807) is 0 Å². The van der Waals surface area contributed by atoms with Crippen LogP contribution in [-0.2, 0) is 6.54 Å². The molecule has 0 aromatic heterocycles. The maximum Gasteiger partial charge on any atom is 0.0451 e. The Morgan fingerprint density at radius 1 is 1.56 bits per heavy atom. The van der Waals surface area contributed by atoms with E-state index < -0.39 is 0 Å². The van der Waals surface area contributed by atoms with Crippen molar-refractivity contribution in [1.29, 1.82) is 0 Å². The van der Waals surface area contributed by atoms with Crippen LogP contribution in [0.1, 0.15) is 25.3 Å². The van der Waals surface area contributed by atoms with Crippen LogP contribution in [0.4, 0.5) is 0 Å². The summed E-state index contributed by atoms with van der Waals surface area (Å²) in [6.07, 6.45) is 2.48. The fourth-order valence-electron chi connectivity index (χ4n) is 2.57. The molecule has 1 aromatic rings. The van der Waals surface area contributed by atoms with Crippen molar-refractivity contribution in [3.63, 3.8) is 0 Å². The van der Waals surface area contributed by atoms with Crippen LogP contribution in [0.15, 0.2) is 22.7 Å². The number of nitrogens with zero attached hydrogens (tertiary/aromatic N) is 1. The fourth-order valence-corrected chi connectivity index (χ4v) is 3.16. The minimum Gasteiger partial charge on any atom is -0.328 e. The summed E-state index contributed by atoms with van der Waals surface area (Å²) in [7, 11) is 0. The molecule has 0 aliphatic carbocycles. The molecule has 2 unspecified atom stereocenters. The molecule has 1 heterocycles. The smallest absolute Gasteiger partial charge is 0.0451 e. The van der Waals surface area contributed by atoms with E-state index in [0.717, 1.165) is 29.1 Å². The number of piperidine rings is 1. The van der Waals surface area contributed by atoms with Crippen LogP contribution in [0.3, 0.4) is 0 Å². The first kappa shape index (κ1) is 14.3. The Morgan fingerprint density at radius 3 is 3.06 bits per heavy atom. The van der Waals surface area contributed by atoms with Crippen molar-refractivity contribution < 1.29 is 0 Å². The van der Waals surface area contributed by atoms with Crippen molar-refractivity contribution >= 4 is 27.5 Å². The average Bonchev–Trinajstić information content (AvgIpc) is 2.34. The van der Waals surface area contributed by atoms with Gasteiger partial charge in [-0.15, -0.1) is 0 Å². The van der Waals surface area contributed by atoms with Crippen molar-refractivity contribution in [1.82, 2.24) is 4.90 Å². The van der Waals surface area contributed by atoms with Crippen LogP contribution in [0.2, 0.25) is 5.02 Å². The molecule has 0 radical (unpaired) electrons. The minimum absolute atomic E-state index is 0.283. The third-order valence-corrected chi connectivity index (χ3v) is 4.55.